The molecular formula is C19H26OSSi. The zero-order valence-electron chi connectivity index (χ0n) is 13.9. The van der Waals surface area contributed by atoms with Gasteiger partial charge in [-0.05, 0) is 40.7 Å². The number of phenols is 1. The van der Waals surface area contributed by atoms with Crippen molar-refractivity contribution < 1.29 is 5.11 Å². The van der Waals surface area contributed by atoms with Crippen molar-refractivity contribution in [1.82, 2.24) is 0 Å². The van der Waals surface area contributed by atoms with Gasteiger partial charge in [-0.1, -0.05) is 63.2 Å². The highest BCUT2D eigenvalue weighted by Gasteiger charge is 2.41. The molecule has 2 rings (SSSR count). The first kappa shape index (κ1) is 17.2. The first-order chi connectivity index (χ1) is 10.5. The minimum Gasteiger partial charge on any atom is -0.508 e. The molecule has 0 saturated heterocycles. The van der Waals surface area contributed by atoms with Gasteiger partial charge < -0.3 is 5.11 Å². The van der Waals surface area contributed by atoms with E-state index in [1.54, 1.807) is 17.3 Å². The van der Waals surface area contributed by atoms with Gasteiger partial charge in [0.15, 0.2) is 0 Å². The van der Waals surface area contributed by atoms with E-state index in [2.05, 4.69) is 58.0 Å². The number of aromatic hydroxyl groups is 1. The van der Waals surface area contributed by atoms with Crippen LogP contribution in [0.1, 0.15) is 27.7 Å². The molecule has 0 radical (unpaired) electrons. The molecule has 0 saturated carbocycles. The Balaban J connectivity index is 2.30. The summed E-state index contributed by atoms with van der Waals surface area (Å²) in [6.07, 6.45) is 0. The Hall–Kier alpha value is -1.19. The number of phenolic OH excluding ortho intramolecular Hbond substituents is 1. The Labute approximate surface area is 139 Å². The summed E-state index contributed by atoms with van der Waals surface area (Å²) in [6, 6.07) is 18.7. The van der Waals surface area contributed by atoms with Crippen LogP contribution in [-0.4, -0.2) is 18.6 Å². The fourth-order valence-corrected chi connectivity index (χ4v) is 12.0. The van der Waals surface area contributed by atoms with Crippen molar-refractivity contribution in [2.45, 2.75) is 43.7 Å². The smallest absolute Gasteiger partial charge is 0.115 e. The van der Waals surface area contributed by atoms with Crippen molar-refractivity contribution in [3.05, 3.63) is 54.6 Å². The van der Waals surface area contributed by atoms with Crippen LogP contribution >= 0.6 is 11.8 Å². The lowest BCUT2D eigenvalue weighted by Crippen LogP contribution is -2.55. The van der Waals surface area contributed by atoms with Crippen molar-refractivity contribution in [3.8, 4) is 5.75 Å². The predicted octanol–water partition coefficient (Wildman–Crippen LogP) is 5.20. The molecule has 0 fully saturated rings. The predicted molar refractivity (Wildman–Crippen MR) is 101 cm³/mol. The van der Waals surface area contributed by atoms with Gasteiger partial charge in [0.25, 0.3) is 0 Å². The minimum absolute atomic E-state index is 0.337. The maximum atomic E-state index is 9.44. The van der Waals surface area contributed by atoms with E-state index in [9.17, 15) is 5.11 Å². The van der Waals surface area contributed by atoms with E-state index in [4.69, 9.17) is 0 Å². The molecule has 0 aliphatic carbocycles. The highest BCUT2D eigenvalue weighted by atomic mass is 32.2. The Morgan fingerprint density at radius 1 is 0.864 bits per heavy atom. The second kappa shape index (κ2) is 7.38. The van der Waals surface area contributed by atoms with Crippen LogP contribution in [0.4, 0.5) is 0 Å². The molecule has 1 nitrogen and oxygen atoms in total. The van der Waals surface area contributed by atoms with E-state index in [0.717, 1.165) is 0 Å². The van der Waals surface area contributed by atoms with Gasteiger partial charge in [0, 0.05) is 4.90 Å². The summed E-state index contributed by atoms with van der Waals surface area (Å²) in [5.74, 6) is 0.337. The summed E-state index contributed by atoms with van der Waals surface area (Å²) in [4.78, 5) is 1.24. The molecule has 0 aliphatic rings. The van der Waals surface area contributed by atoms with Crippen LogP contribution in [-0.2, 0) is 0 Å². The van der Waals surface area contributed by atoms with Gasteiger partial charge in [-0.25, -0.2) is 0 Å². The van der Waals surface area contributed by atoms with E-state index >= 15 is 0 Å². The summed E-state index contributed by atoms with van der Waals surface area (Å²) in [6.45, 7) is 9.54. The fraction of sp³-hybridized carbons (Fsp3) is 0.368. The van der Waals surface area contributed by atoms with Crippen LogP contribution in [0.25, 0.3) is 0 Å². The van der Waals surface area contributed by atoms with E-state index in [1.165, 1.54) is 10.3 Å². The quantitative estimate of drug-likeness (QED) is 0.580. The zero-order chi connectivity index (χ0) is 16.2. The lowest BCUT2D eigenvalue weighted by molar-refractivity contribution is 0.475. The molecule has 118 valence electrons. The third kappa shape index (κ3) is 3.58. The number of hydrogen-bond acceptors (Lipinski definition) is 2. The first-order valence-electron chi connectivity index (χ1n) is 7.94. The average Bonchev–Trinajstić information content (AvgIpc) is 2.50. The SMILES string of the molecule is CC(C)[Si](CSc1ccc(O)cc1)(c1ccccc1)C(C)C. The van der Waals surface area contributed by atoms with Gasteiger partial charge in [0.05, 0.1) is 0 Å². The van der Waals surface area contributed by atoms with Gasteiger partial charge in [-0.3, -0.25) is 0 Å². The van der Waals surface area contributed by atoms with Crippen LogP contribution < -0.4 is 5.19 Å². The highest BCUT2D eigenvalue weighted by molar-refractivity contribution is 8.01. The van der Waals surface area contributed by atoms with Crippen LogP contribution in [0.15, 0.2) is 59.5 Å². The second-order valence-electron chi connectivity index (χ2n) is 6.50. The molecule has 0 unspecified atom stereocenters. The molecule has 0 spiro atoms. The Bertz CT molecular complexity index is 570. The Morgan fingerprint density at radius 2 is 1.41 bits per heavy atom. The third-order valence-electron chi connectivity index (χ3n) is 4.69. The monoisotopic (exact) mass is 330 g/mol. The van der Waals surface area contributed by atoms with Crippen molar-refractivity contribution in [2.75, 3.05) is 5.38 Å². The number of benzene rings is 2. The first-order valence-corrected chi connectivity index (χ1v) is 11.3. The standard InChI is InChI=1S/C19H26OSSi/c1-15(2)22(16(3)4,19-8-6-5-7-9-19)14-21-18-12-10-17(20)11-13-18/h5-13,15-16,20H,14H2,1-4H3. The molecule has 0 aliphatic heterocycles. The summed E-state index contributed by atoms with van der Waals surface area (Å²) >= 11 is 1.94. The van der Waals surface area contributed by atoms with Gasteiger partial charge in [0.1, 0.15) is 13.8 Å². The molecule has 2 aromatic carbocycles. The van der Waals surface area contributed by atoms with E-state index < -0.39 is 8.07 Å². The minimum atomic E-state index is -1.62. The molecule has 0 aromatic heterocycles. The topological polar surface area (TPSA) is 20.2 Å². The summed E-state index contributed by atoms with van der Waals surface area (Å²) in [7, 11) is -1.62. The number of hydrogen-bond donors (Lipinski definition) is 1. The molecule has 0 amide bonds. The van der Waals surface area contributed by atoms with E-state index in [1.807, 2.05) is 23.9 Å². The maximum absolute atomic E-state index is 9.44. The molecule has 1 N–H and O–H groups in total. The van der Waals surface area contributed by atoms with Gasteiger partial charge >= 0.3 is 0 Å². The van der Waals surface area contributed by atoms with Crippen molar-refractivity contribution in [3.63, 3.8) is 0 Å². The van der Waals surface area contributed by atoms with Gasteiger partial charge in [0.2, 0.25) is 0 Å². The van der Waals surface area contributed by atoms with Crippen LogP contribution in [0, 0.1) is 0 Å². The normalized spacial score (nSPS) is 12.1. The molecule has 0 bridgehead atoms. The van der Waals surface area contributed by atoms with Crippen molar-refractivity contribution in [1.29, 1.82) is 0 Å². The Kier molecular flexibility index (Phi) is 5.76. The highest BCUT2D eigenvalue weighted by Crippen LogP contribution is 2.37. The number of rotatable bonds is 6. The third-order valence-corrected chi connectivity index (χ3v) is 13.3. The summed E-state index contributed by atoms with van der Waals surface area (Å²) in [5.41, 5.74) is 1.39. The van der Waals surface area contributed by atoms with Gasteiger partial charge in [-0.15, -0.1) is 11.8 Å². The number of thioether (sulfide) groups is 1. The second-order valence-corrected chi connectivity index (χ2v) is 13.4. The average molecular weight is 331 g/mol. The van der Waals surface area contributed by atoms with Crippen LogP contribution in [0.3, 0.4) is 0 Å². The summed E-state index contributed by atoms with van der Waals surface area (Å²) in [5, 5.41) is 12.2. The lowest BCUT2D eigenvalue weighted by Gasteiger charge is -2.40. The molecule has 22 heavy (non-hydrogen) atoms. The van der Waals surface area contributed by atoms with Crippen LogP contribution in [0.2, 0.25) is 11.1 Å². The molecule has 3 heteroatoms. The molecule has 0 atom stereocenters. The Morgan fingerprint density at radius 3 is 1.91 bits per heavy atom. The van der Waals surface area contributed by atoms with Crippen LogP contribution in [0.5, 0.6) is 5.75 Å². The van der Waals surface area contributed by atoms with Crippen molar-refractivity contribution in [2.24, 2.45) is 0 Å². The van der Waals surface area contributed by atoms with Gasteiger partial charge in [-0.2, -0.15) is 0 Å². The molecule has 2 aromatic rings. The lowest BCUT2D eigenvalue weighted by atomic mass is 10.3. The summed E-state index contributed by atoms with van der Waals surface area (Å²) < 4.78 is 0. The van der Waals surface area contributed by atoms with E-state index in [0.29, 0.717) is 16.8 Å². The van der Waals surface area contributed by atoms with E-state index in [-0.39, 0.29) is 0 Å². The largest absolute Gasteiger partial charge is 0.508 e. The molecular weight excluding hydrogens is 304 g/mol. The zero-order valence-corrected chi connectivity index (χ0v) is 15.7. The fourth-order valence-electron chi connectivity index (χ4n) is 3.24. The molecule has 0 heterocycles. The van der Waals surface area contributed by atoms with Crippen molar-refractivity contribution >= 4 is 25.0 Å². The maximum Gasteiger partial charge on any atom is 0.115 e.